The summed E-state index contributed by atoms with van der Waals surface area (Å²) in [5, 5.41) is 3.07. The van der Waals surface area contributed by atoms with E-state index in [-0.39, 0.29) is 11.7 Å². The third-order valence-electron chi connectivity index (χ3n) is 6.83. The van der Waals surface area contributed by atoms with Crippen LogP contribution in [-0.4, -0.2) is 59.7 Å². The van der Waals surface area contributed by atoms with Crippen LogP contribution in [0.4, 0.5) is 27.9 Å². The third kappa shape index (κ3) is 6.22. The number of hydrogen-bond acceptors (Lipinski definition) is 8. The molecular formula is C24H36FN7O. The van der Waals surface area contributed by atoms with Gasteiger partial charge in [-0.05, 0) is 56.3 Å². The van der Waals surface area contributed by atoms with Crippen LogP contribution in [0.3, 0.4) is 0 Å². The molecule has 2 aliphatic rings. The van der Waals surface area contributed by atoms with E-state index in [2.05, 4.69) is 32.0 Å². The Morgan fingerprint density at radius 2 is 1.91 bits per heavy atom. The van der Waals surface area contributed by atoms with Crippen LogP contribution in [0.15, 0.2) is 18.2 Å². The molecule has 2 heterocycles. The molecule has 2 fully saturated rings. The molecule has 1 aromatic heterocycles. The van der Waals surface area contributed by atoms with Crippen molar-refractivity contribution < 1.29 is 9.13 Å². The summed E-state index contributed by atoms with van der Waals surface area (Å²) in [5.74, 6) is 2.04. The molecule has 2 aromatic rings. The fourth-order valence-corrected chi connectivity index (χ4v) is 5.03. The predicted molar refractivity (Wildman–Crippen MR) is 129 cm³/mol. The van der Waals surface area contributed by atoms with E-state index in [0.717, 1.165) is 32.7 Å². The molecule has 0 spiro atoms. The summed E-state index contributed by atoms with van der Waals surface area (Å²) in [5.41, 5.74) is 6.61. The molecule has 180 valence electrons. The number of ether oxygens (including phenoxy) is 1. The molecule has 1 aromatic carbocycles. The van der Waals surface area contributed by atoms with Gasteiger partial charge in [0.25, 0.3) is 0 Å². The van der Waals surface area contributed by atoms with Gasteiger partial charge in [-0.3, -0.25) is 0 Å². The van der Waals surface area contributed by atoms with Gasteiger partial charge in [-0.15, -0.1) is 0 Å². The first-order chi connectivity index (χ1) is 16.0. The van der Waals surface area contributed by atoms with Gasteiger partial charge in [0.1, 0.15) is 0 Å². The Balaban J connectivity index is 1.54. The molecule has 1 unspecified atom stereocenters. The number of anilines is 4. The van der Waals surface area contributed by atoms with Gasteiger partial charge in [0.2, 0.25) is 17.8 Å². The maximum atomic E-state index is 14.1. The zero-order valence-electron chi connectivity index (χ0n) is 19.8. The van der Waals surface area contributed by atoms with E-state index < -0.39 is 5.82 Å². The van der Waals surface area contributed by atoms with E-state index in [4.69, 9.17) is 15.5 Å². The quantitative estimate of drug-likeness (QED) is 0.582. The van der Waals surface area contributed by atoms with Crippen LogP contribution in [0.25, 0.3) is 0 Å². The van der Waals surface area contributed by atoms with Crippen LogP contribution in [0.1, 0.15) is 45.4 Å². The summed E-state index contributed by atoms with van der Waals surface area (Å²) in [7, 11) is 1.44. The fourth-order valence-electron chi connectivity index (χ4n) is 5.03. The predicted octanol–water partition coefficient (Wildman–Crippen LogP) is 4.07. The number of benzene rings is 1. The van der Waals surface area contributed by atoms with Crippen molar-refractivity contribution in [3.05, 3.63) is 24.0 Å². The molecule has 1 saturated carbocycles. The van der Waals surface area contributed by atoms with Crippen molar-refractivity contribution >= 4 is 23.5 Å². The van der Waals surface area contributed by atoms with Crippen molar-refractivity contribution in [2.24, 2.45) is 11.8 Å². The normalized spacial score (nSPS) is 19.5. The number of aromatic nitrogens is 3. The minimum Gasteiger partial charge on any atom is -0.494 e. The maximum absolute atomic E-state index is 14.1. The van der Waals surface area contributed by atoms with Gasteiger partial charge in [-0.1, -0.05) is 26.2 Å². The largest absolute Gasteiger partial charge is 0.494 e. The van der Waals surface area contributed by atoms with Gasteiger partial charge in [-0.2, -0.15) is 15.0 Å². The first kappa shape index (κ1) is 23.5. The zero-order valence-corrected chi connectivity index (χ0v) is 19.8. The van der Waals surface area contributed by atoms with Gasteiger partial charge in [0, 0.05) is 31.4 Å². The Hall–Kier alpha value is -2.68. The van der Waals surface area contributed by atoms with Crippen LogP contribution in [0.2, 0.25) is 0 Å². The molecule has 33 heavy (non-hydrogen) atoms. The minimum absolute atomic E-state index is 0.159. The van der Waals surface area contributed by atoms with E-state index in [1.807, 2.05) is 0 Å². The SMILES string of the molecule is CCN1CCC(CN(CC2CCCCC2)c2nc(N)nc(Nc3ccc(OC)c(F)c3)n2)C1. The number of nitrogens with zero attached hydrogens (tertiary/aromatic N) is 5. The molecule has 9 heteroatoms. The van der Waals surface area contributed by atoms with Crippen molar-refractivity contribution in [1.82, 2.24) is 19.9 Å². The lowest BCUT2D eigenvalue weighted by Gasteiger charge is -2.31. The van der Waals surface area contributed by atoms with Crippen LogP contribution >= 0.6 is 0 Å². The fraction of sp³-hybridized carbons (Fsp3) is 0.625. The molecule has 0 radical (unpaired) electrons. The first-order valence-electron chi connectivity index (χ1n) is 12.1. The number of rotatable bonds is 9. The van der Waals surface area contributed by atoms with Crippen molar-refractivity contribution in [3.63, 3.8) is 0 Å². The van der Waals surface area contributed by atoms with Crippen LogP contribution in [0, 0.1) is 17.7 Å². The monoisotopic (exact) mass is 457 g/mol. The highest BCUT2D eigenvalue weighted by atomic mass is 19.1. The Bertz CT molecular complexity index is 922. The lowest BCUT2D eigenvalue weighted by Crippen LogP contribution is -2.37. The van der Waals surface area contributed by atoms with Crippen LogP contribution in [0.5, 0.6) is 5.75 Å². The van der Waals surface area contributed by atoms with Gasteiger partial charge in [-0.25, -0.2) is 4.39 Å². The molecule has 0 bridgehead atoms. The summed E-state index contributed by atoms with van der Waals surface area (Å²) >= 11 is 0. The lowest BCUT2D eigenvalue weighted by molar-refractivity contribution is 0.332. The molecule has 1 aliphatic carbocycles. The van der Waals surface area contributed by atoms with Crippen LogP contribution in [-0.2, 0) is 0 Å². The summed E-state index contributed by atoms with van der Waals surface area (Å²) in [6.45, 7) is 7.40. The molecule has 8 nitrogen and oxygen atoms in total. The number of nitrogens with two attached hydrogens (primary N) is 1. The van der Waals surface area contributed by atoms with E-state index in [9.17, 15) is 4.39 Å². The highest BCUT2D eigenvalue weighted by Crippen LogP contribution is 2.28. The van der Waals surface area contributed by atoms with E-state index in [0.29, 0.717) is 29.4 Å². The van der Waals surface area contributed by atoms with E-state index >= 15 is 0 Å². The van der Waals surface area contributed by atoms with E-state index in [1.54, 1.807) is 12.1 Å². The van der Waals surface area contributed by atoms with E-state index in [1.165, 1.54) is 51.7 Å². The summed E-state index contributed by atoms with van der Waals surface area (Å²) in [6.07, 6.45) is 7.60. The number of likely N-dealkylation sites (tertiary alicyclic amines) is 1. The second-order valence-electron chi connectivity index (χ2n) is 9.25. The highest BCUT2D eigenvalue weighted by Gasteiger charge is 2.27. The van der Waals surface area contributed by atoms with Gasteiger partial charge in [0.15, 0.2) is 11.6 Å². The molecule has 1 aliphatic heterocycles. The average Bonchev–Trinajstić information content (AvgIpc) is 3.27. The van der Waals surface area contributed by atoms with Crippen LogP contribution < -0.4 is 20.7 Å². The molecule has 0 amide bonds. The first-order valence-corrected chi connectivity index (χ1v) is 12.1. The lowest BCUT2D eigenvalue weighted by atomic mass is 9.89. The average molecular weight is 458 g/mol. The van der Waals surface area contributed by atoms with Crippen molar-refractivity contribution in [3.8, 4) is 5.75 Å². The number of halogens is 1. The van der Waals surface area contributed by atoms with Gasteiger partial charge < -0.3 is 25.6 Å². The van der Waals surface area contributed by atoms with Crippen molar-refractivity contribution in [1.29, 1.82) is 0 Å². The number of hydrogen-bond donors (Lipinski definition) is 2. The molecule has 1 atom stereocenters. The number of methoxy groups -OCH3 is 1. The Labute approximate surface area is 195 Å². The highest BCUT2D eigenvalue weighted by molar-refractivity contribution is 5.57. The number of nitrogens with one attached hydrogen (secondary N) is 1. The summed E-state index contributed by atoms with van der Waals surface area (Å²) in [4.78, 5) is 18.2. The molecular weight excluding hydrogens is 421 g/mol. The third-order valence-corrected chi connectivity index (χ3v) is 6.83. The molecule has 1 saturated heterocycles. The second-order valence-corrected chi connectivity index (χ2v) is 9.25. The Kier molecular flexibility index (Phi) is 7.80. The summed E-state index contributed by atoms with van der Waals surface area (Å²) in [6, 6.07) is 4.65. The summed E-state index contributed by atoms with van der Waals surface area (Å²) < 4.78 is 19.1. The second kappa shape index (κ2) is 11.0. The zero-order chi connectivity index (χ0) is 23.2. The van der Waals surface area contributed by atoms with Crippen molar-refractivity contribution in [2.45, 2.75) is 45.4 Å². The smallest absolute Gasteiger partial charge is 0.233 e. The molecule has 4 rings (SSSR count). The standard InChI is InChI=1S/C24H36FN7O/c1-3-31-12-11-18(14-31)16-32(15-17-7-5-4-6-8-17)24-29-22(26)28-23(30-24)27-19-9-10-21(33-2)20(25)13-19/h9-10,13,17-18H,3-8,11-12,14-16H2,1-2H3,(H3,26,27,28,29,30). The van der Waals surface area contributed by atoms with Gasteiger partial charge in [0.05, 0.1) is 7.11 Å². The Morgan fingerprint density at radius 3 is 2.61 bits per heavy atom. The van der Waals surface area contributed by atoms with Gasteiger partial charge >= 0.3 is 0 Å². The Morgan fingerprint density at radius 1 is 1.12 bits per heavy atom. The minimum atomic E-state index is -0.453. The molecule has 3 N–H and O–H groups in total. The maximum Gasteiger partial charge on any atom is 0.233 e. The topological polar surface area (TPSA) is 92.4 Å². The number of nitrogen functional groups attached to an aromatic ring is 1. The van der Waals surface area contributed by atoms with Crippen molar-refractivity contribution in [2.75, 3.05) is 55.8 Å².